The maximum Gasteiger partial charge on any atom is 0.281 e. The van der Waals surface area contributed by atoms with E-state index < -0.39 is 41.5 Å². The molecular weight excluding hydrogens is 522 g/mol. The first-order chi connectivity index (χ1) is 19.5. The molecule has 10 heteroatoms. The average Bonchev–Trinajstić information content (AvgIpc) is 3.64. The number of amides is 3. The Morgan fingerprint density at radius 3 is 2.73 bits per heavy atom. The van der Waals surface area contributed by atoms with Gasteiger partial charge in [0.15, 0.2) is 0 Å². The Morgan fingerprint density at radius 1 is 1.22 bits per heavy atom. The molecule has 0 spiro atoms. The van der Waals surface area contributed by atoms with E-state index in [2.05, 4.69) is 33.4 Å². The van der Waals surface area contributed by atoms with Gasteiger partial charge in [0, 0.05) is 60.3 Å². The number of aliphatic hydroxyl groups is 1. The van der Waals surface area contributed by atoms with Crippen molar-refractivity contribution < 1.29 is 24.2 Å². The summed E-state index contributed by atoms with van der Waals surface area (Å²) in [6.45, 7) is 8.35. The quantitative estimate of drug-likeness (QED) is 0.528. The van der Waals surface area contributed by atoms with Gasteiger partial charge in [-0.25, -0.2) is 0 Å². The van der Waals surface area contributed by atoms with Crippen LogP contribution < -0.4 is 5.32 Å². The molecule has 0 bridgehead atoms. The summed E-state index contributed by atoms with van der Waals surface area (Å²) in [7, 11) is 2.00. The fourth-order valence-corrected chi connectivity index (χ4v) is 8.04. The molecule has 3 amide bonds. The van der Waals surface area contributed by atoms with Crippen molar-refractivity contribution in [1.29, 1.82) is 0 Å². The summed E-state index contributed by atoms with van der Waals surface area (Å²) in [4.78, 5) is 50.4. The van der Waals surface area contributed by atoms with E-state index >= 15 is 0 Å². The van der Waals surface area contributed by atoms with E-state index in [0.717, 1.165) is 17.5 Å². The van der Waals surface area contributed by atoms with Crippen LogP contribution in [0.3, 0.4) is 0 Å². The lowest BCUT2D eigenvalue weighted by Crippen LogP contribution is -2.72. The molecule has 218 valence electrons. The highest BCUT2D eigenvalue weighted by Crippen LogP contribution is 2.49. The van der Waals surface area contributed by atoms with E-state index in [0.29, 0.717) is 25.9 Å². The van der Waals surface area contributed by atoms with Crippen LogP contribution in [0.4, 0.5) is 0 Å². The number of carbonyl (C=O) groups is 3. The zero-order valence-corrected chi connectivity index (χ0v) is 24.3. The number of likely N-dealkylation sites (tertiary alicyclic amines) is 1. The third-order valence-corrected chi connectivity index (χ3v) is 10.1. The van der Waals surface area contributed by atoms with Gasteiger partial charge in [-0.15, -0.1) is 0 Å². The molecule has 0 unspecified atom stereocenters. The van der Waals surface area contributed by atoms with Crippen molar-refractivity contribution in [2.75, 3.05) is 20.1 Å². The topological polar surface area (TPSA) is 118 Å². The van der Waals surface area contributed by atoms with Crippen molar-refractivity contribution in [3.8, 4) is 0 Å². The first kappa shape index (κ1) is 26.5. The van der Waals surface area contributed by atoms with Gasteiger partial charge in [-0.05, 0) is 42.9 Å². The van der Waals surface area contributed by atoms with Gasteiger partial charge < -0.3 is 25.2 Å². The van der Waals surface area contributed by atoms with Crippen molar-refractivity contribution in [1.82, 2.24) is 25.0 Å². The van der Waals surface area contributed by atoms with E-state index in [1.165, 1.54) is 21.5 Å². The molecule has 0 radical (unpaired) electrons. The molecule has 6 atom stereocenters. The van der Waals surface area contributed by atoms with Crippen molar-refractivity contribution in [2.45, 2.75) is 76.6 Å². The fraction of sp³-hybridized carbons (Fsp3) is 0.581. The van der Waals surface area contributed by atoms with Gasteiger partial charge in [0.2, 0.25) is 17.5 Å². The predicted molar refractivity (Wildman–Crippen MR) is 152 cm³/mol. The van der Waals surface area contributed by atoms with Gasteiger partial charge in [-0.3, -0.25) is 24.0 Å². The third kappa shape index (κ3) is 3.46. The zero-order chi connectivity index (χ0) is 29.0. The highest BCUT2D eigenvalue weighted by atomic mass is 16.7. The molecule has 0 saturated carbocycles. The van der Waals surface area contributed by atoms with Gasteiger partial charge in [-0.1, -0.05) is 39.8 Å². The highest BCUT2D eigenvalue weighted by molar-refractivity contribution is 5.98. The number of likely N-dealkylation sites (N-methyl/N-ethyl adjacent to an activating group) is 1. The number of benzene rings is 1. The molecule has 1 aromatic carbocycles. The second-order valence-electron chi connectivity index (χ2n) is 13.1. The van der Waals surface area contributed by atoms with Crippen molar-refractivity contribution in [3.05, 3.63) is 41.2 Å². The van der Waals surface area contributed by atoms with E-state index in [-0.39, 0.29) is 23.7 Å². The Labute approximate surface area is 239 Å². The lowest BCUT2D eigenvalue weighted by atomic mass is 9.77. The molecule has 7 rings (SSSR count). The number of carbonyl (C=O) groups excluding carboxylic acids is 3. The van der Waals surface area contributed by atoms with Crippen LogP contribution in [0.25, 0.3) is 17.0 Å². The third-order valence-electron chi connectivity index (χ3n) is 10.1. The number of rotatable bonds is 4. The minimum absolute atomic E-state index is 0.0391. The second-order valence-corrected chi connectivity index (χ2v) is 13.1. The minimum Gasteiger partial charge on any atom is -0.377 e. The number of fused-ring (bicyclic) bond motifs is 5. The average molecular weight is 562 g/mol. The number of allylic oxidation sites excluding steroid dienone is 1. The van der Waals surface area contributed by atoms with Crippen molar-refractivity contribution in [3.63, 3.8) is 0 Å². The number of nitrogens with zero attached hydrogens (tertiary/aromatic N) is 3. The zero-order valence-electron chi connectivity index (χ0n) is 24.3. The van der Waals surface area contributed by atoms with Crippen molar-refractivity contribution >= 4 is 34.7 Å². The van der Waals surface area contributed by atoms with Crippen LogP contribution in [-0.2, 0) is 19.1 Å². The van der Waals surface area contributed by atoms with Crippen LogP contribution in [0.2, 0.25) is 0 Å². The van der Waals surface area contributed by atoms with Gasteiger partial charge in [0.05, 0.1) is 5.92 Å². The minimum atomic E-state index is -2.00. The summed E-state index contributed by atoms with van der Waals surface area (Å²) in [6.07, 6.45) is 6.06. The molecule has 4 saturated heterocycles. The largest absolute Gasteiger partial charge is 0.377 e. The number of aromatic nitrogens is 1. The Hall–Kier alpha value is -3.37. The van der Waals surface area contributed by atoms with Crippen LogP contribution in [0, 0.1) is 17.8 Å². The highest BCUT2D eigenvalue weighted by Gasteiger charge is 2.72. The number of hydrogen-bond acceptors (Lipinski definition) is 6. The first-order valence-electron chi connectivity index (χ1n) is 14.9. The molecule has 2 aromatic rings. The lowest BCUT2D eigenvalue weighted by Gasteiger charge is -2.49. The molecule has 5 heterocycles. The Morgan fingerprint density at radius 2 is 2.00 bits per heavy atom. The van der Waals surface area contributed by atoms with Gasteiger partial charge in [-0.2, -0.15) is 0 Å². The molecule has 4 fully saturated rings. The molecule has 41 heavy (non-hydrogen) atoms. The normalized spacial score (nSPS) is 34.3. The predicted octanol–water partition coefficient (Wildman–Crippen LogP) is 2.56. The van der Waals surface area contributed by atoms with Crippen LogP contribution in [0.5, 0.6) is 0 Å². The SMILES string of the molecule is CC(C)[C@H]1C(=O)N2CCC[C@H]2[C@]2(O)O[C@](NC(=O)[C@@H]3C[C@H]4C(=Cc5c[nH]c6cccc4c56)N(C)C3)(C(C)C)C(=O)N12. The summed E-state index contributed by atoms with van der Waals surface area (Å²) >= 11 is 0. The number of piperidine rings is 1. The summed E-state index contributed by atoms with van der Waals surface area (Å²) in [5, 5.41) is 16.3. The number of nitrogens with one attached hydrogen (secondary N) is 2. The molecular formula is C31H39N5O5. The summed E-state index contributed by atoms with van der Waals surface area (Å²) in [5.74, 6) is -4.12. The summed E-state index contributed by atoms with van der Waals surface area (Å²) < 4.78 is 6.41. The van der Waals surface area contributed by atoms with Crippen LogP contribution in [0.15, 0.2) is 30.1 Å². The smallest absolute Gasteiger partial charge is 0.281 e. The standard InChI is InChI=1S/C31H39N5O5/c1-16(2)26-28(38)35-11-7-10-24(35)31(40)36(26)29(39)30(41-31,17(3)4)33-27(37)19-12-21-20-8-6-9-22-25(20)18(14-32-22)13-23(21)34(5)15-19/h6,8-9,13-14,16-17,19,21,24,26,32,40H,7,10-12,15H2,1-5H3,(H,33,37)/t19-,21-,24+,26+,30-,31+/m1/s1. The van der Waals surface area contributed by atoms with Crippen molar-refractivity contribution in [2.24, 2.45) is 17.8 Å². The van der Waals surface area contributed by atoms with Gasteiger partial charge >= 0.3 is 0 Å². The monoisotopic (exact) mass is 561 g/mol. The Kier molecular flexibility index (Phi) is 5.70. The van der Waals surface area contributed by atoms with E-state index in [1.807, 2.05) is 47.0 Å². The Balaban J connectivity index is 1.22. The van der Waals surface area contributed by atoms with E-state index in [1.54, 1.807) is 4.90 Å². The van der Waals surface area contributed by atoms with Crippen LogP contribution in [-0.4, -0.2) is 86.4 Å². The molecule has 5 aliphatic rings. The lowest BCUT2D eigenvalue weighted by molar-refractivity contribution is -0.323. The van der Waals surface area contributed by atoms with Gasteiger partial charge in [0.25, 0.3) is 11.8 Å². The number of aromatic amines is 1. The molecule has 3 N–H and O–H groups in total. The molecule has 1 aliphatic carbocycles. The fourth-order valence-electron chi connectivity index (χ4n) is 8.04. The summed E-state index contributed by atoms with van der Waals surface area (Å²) in [6, 6.07) is 4.70. The number of ether oxygens (including phenoxy) is 1. The number of H-pyrrole nitrogens is 1. The van der Waals surface area contributed by atoms with Crippen LogP contribution >= 0.6 is 0 Å². The summed E-state index contributed by atoms with van der Waals surface area (Å²) in [5.41, 5.74) is 2.81. The molecule has 10 nitrogen and oxygen atoms in total. The van der Waals surface area contributed by atoms with Gasteiger partial charge in [0.1, 0.15) is 12.1 Å². The molecule has 4 aliphatic heterocycles. The maximum atomic E-state index is 14.3. The molecule has 1 aromatic heterocycles. The van der Waals surface area contributed by atoms with E-state index in [9.17, 15) is 19.5 Å². The van der Waals surface area contributed by atoms with Crippen LogP contribution in [0.1, 0.15) is 64.0 Å². The maximum absolute atomic E-state index is 14.3. The first-order valence-corrected chi connectivity index (χ1v) is 14.9. The second kappa shape index (κ2) is 8.82. The number of piperazine rings is 1. The number of hydrogen-bond donors (Lipinski definition) is 3. The Bertz CT molecular complexity index is 1500. The van der Waals surface area contributed by atoms with E-state index in [4.69, 9.17) is 4.74 Å².